The van der Waals surface area contributed by atoms with Gasteiger partial charge >= 0.3 is 0 Å². The summed E-state index contributed by atoms with van der Waals surface area (Å²) in [5.41, 5.74) is 7.87. The highest BCUT2D eigenvalue weighted by atomic mass is 79.9. The lowest BCUT2D eigenvalue weighted by atomic mass is 10.0. The van der Waals surface area contributed by atoms with Crippen molar-refractivity contribution in [1.29, 1.82) is 0 Å². The Balaban J connectivity index is 2.19. The van der Waals surface area contributed by atoms with Crippen LogP contribution in [0.4, 0.5) is 5.69 Å². The zero-order valence-corrected chi connectivity index (χ0v) is 12.6. The van der Waals surface area contributed by atoms with Crippen molar-refractivity contribution >= 4 is 33.0 Å². The molecule has 0 aliphatic rings. The molecule has 3 N–H and O–H groups in total. The van der Waals surface area contributed by atoms with Crippen LogP contribution in [0.3, 0.4) is 0 Å². The number of rotatable bonds is 5. The summed E-state index contributed by atoms with van der Waals surface area (Å²) >= 11 is 5.25. The number of halogens is 1. The number of likely N-dealkylation sites (N-methyl/N-ethyl adjacent to an activating group) is 1. The van der Waals surface area contributed by atoms with Gasteiger partial charge < -0.3 is 11.1 Å². The molecule has 1 unspecified atom stereocenters. The monoisotopic (exact) mass is 325 g/mol. The fourth-order valence-corrected chi connectivity index (χ4v) is 3.38. The fraction of sp³-hybridized carbons (Fsp3) is 0.308. The molecule has 1 atom stereocenters. The van der Waals surface area contributed by atoms with Crippen molar-refractivity contribution in [3.05, 3.63) is 44.8 Å². The molecule has 0 aliphatic carbocycles. The van der Waals surface area contributed by atoms with Crippen molar-refractivity contribution in [1.82, 2.24) is 10.3 Å². The minimum atomic E-state index is 0.290. The van der Waals surface area contributed by atoms with E-state index in [9.17, 15) is 0 Å². The Morgan fingerprint density at radius 1 is 1.56 bits per heavy atom. The number of nitrogens with zero attached hydrogens (tertiary/aromatic N) is 1. The van der Waals surface area contributed by atoms with E-state index in [1.54, 1.807) is 17.5 Å². The Bertz CT molecular complexity index is 512. The normalized spacial score (nSPS) is 12.6. The van der Waals surface area contributed by atoms with Gasteiger partial charge in [-0.25, -0.2) is 0 Å². The molecule has 2 heterocycles. The van der Waals surface area contributed by atoms with E-state index in [2.05, 4.69) is 44.6 Å². The van der Waals surface area contributed by atoms with Crippen LogP contribution in [0.2, 0.25) is 0 Å². The number of hydrogen-bond acceptors (Lipinski definition) is 4. The summed E-state index contributed by atoms with van der Waals surface area (Å²) in [6, 6.07) is 4.30. The van der Waals surface area contributed by atoms with E-state index < -0.39 is 0 Å². The SMILES string of the molecule is CCNC(Cc1cnccc1N)c1cc(Br)cs1. The Morgan fingerprint density at radius 2 is 2.39 bits per heavy atom. The second-order valence-corrected chi connectivity index (χ2v) is 5.91. The second kappa shape index (κ2) is 6.31. The van der Waals surface area contributed by atoms with Crippen LogP contribution in [-0.4, -0.2) is 11.5 Å². The van der Waals surface area contributed by atoms with Crippen LogP contribution in [0.5, 0.6) is 0 Å². The molecule has 0 aliphatic heterocycles. The van der Waals surface area contributed by atoms with Crippen LogP contribution < -0.4 is 11.1 Å². The van der Waals surface area contributed by atoms with Gasteiger partial charge in [0.25, 0.3) is 0 Å². The Labute approximate surface area is 120 Å². The molecule has 2 aromatic heterocycles. The maximum absolute atomic E-state index is 5.97. The molecule has 2 aromatic rings. The molecule has 0 bridgehead atoms. The number of anilines is 1. The van der Waals surface area contributed by atoms with Gasteiger partial charge in [0.2, 0.25) is 0 Å². The van der Waals surface area contributed by atoms with Crippen molar-refractivity contribution in [2.24, 2.45) is 0 Å². The first kappa shape index (κ1) is 13.5. The van der Waals surface area contributed by atoms with E-state index in [1.165, 1.54) is 4.88 Å². The Morgan fingerprint density at radius 3 is 3.00 bits per heavy atom. The zero-order chi connectivity index (χ0) is 13.0. The van der Waals surface area contributed by atoms with Gasteiger partial charge in [-0.1, -0.05) is 6.92 Å². The van der Waals surface area contributed by atoms with Crippen LogP contribution in [-0.2, 0) is 6.42 Å². The van der Waals surface area contributed by atoms with Gasteiger partial charge in [-0.15, -0.1) is 11.3 Å². The summed E-state index contributed by atoms with van der Waals surface area (Å²) in [6.07, 6.45) is 4.44. The summed E-state index contributed by atoms with van der Waals surface area (Å²) in [6.45, 7) is 3.04. The number of nitrogens with one attached hydrogen (secondary N) is 1. The first-order valence-electron chi connectivity index (χ1n) is 5.86. The van der Waals surface area contributed by atoms with Gasteiger partial charge in [0.1, 0.15) is 0 Å². The van der Waals surface area contributed by atoms with E-state index >= 15 is 0 Å². The maximum Gasteiger partial charge on any atom is 0.0457 e. The lowest BCUT2D eigenvalue weighted by Gasteiger charge is -2.17. The van der Waals surface area contributed by atoms with Crippen LogP contribution in [0, 0.1) is 0 Å². The predicted molar refractivity (Wildman–Crippen MR) is 80.8 cm³/mol. The average molecular weight is 326 g/mol. The van der Waals surface area contributed by atoms with E-state index in [-0.39, 0.29) is 6.04 Å². The molecule has 3 nitrogen and oxygen atoms in total. The molecule has 0 saturated carbocycles. The van der Waals surface area contributed by atoms with Gasteiger partial charge in [-0.2, -0.15) is 0 Å². The van der Waals surface area contributed by atoms with Crippen molar-refractivity contribution in [2.45, 2.75) is 19.4 Å². The van der Waals surface area contributed by atoms with Crippen LogP contribution in [0.1, 0.15) is 23.4 Å². The fourth-order valence-electron chi connectivity index (χ4n) is 1.86. The molecule has 0 amide bonds. The van der Waals surface area contributed by atoms with Crippen molar-refractivity contribution < 1.29 is 0 Å². The van der Waals surface area contributed by atoms with Crippen molar-refractivity contribution in [3.63, 3.8) is 0 Å². The van der Waals surface area contributed by atoms with E-state index in [0.717, 1.165) is 28.7 Å². The van der Waals surface area contributed by atoms with Crippen LogP contribution in [0.25, 0.3) is 0 Å². The minimum Gasteiger partial charge on any atom is -0.398 e. The van der Waals surface area contributed by atoms with E-state index in [4.69, 9.17) is 5.73 Å². The highest BCUT2D eigenvalue weighted by Crippen LogP contribution is 2.28. The lowest BCUT2D eigenvalue weighted by Crippen LogP contribution is -2.22. The third kappa shape index (κ3) is 3.31. The number of pyridine rings is 1. The summed E-state index contributed by atoms with van der Waals surface area (Å²) in [5, 5.41) is 5.60. The van der Waals surface area contributed by atoms with Gasteiger partial charge in [-0.05, 0) is 46.6 Å². The Kier molecular flexibility index (Phi) is 4.74. The van der Waals surface area contributed by atoms with Gasteiger partial charge in [0.15, 0.2) is 0 Å². The predicted octanol–water partition coefficient (Wildman–Crippen LogP) is 3.38. The van der Waals surface area contributed by atoms with Crippen molar-refractivity contribution in [2.75, 3.05) is 12.3 Å². The smallest absolute Gasteiger partial charge is 0.0457 e. The molecule has 18 heavy (non-hydrogen) atoms. The minimum absolute atomic E-state index is 0.290. The second-order valence-electron chi connectivity index (χ2n) is 4.06. The topological polar surface area (TPSA) is 50.9 Å². The first-order valence-corrected chi connectivity index (χ1v) is 7.53. The molecule has 0 fully saturated rings. The molecule has 2 rings (SSSR count). The lowest BCUT2D eigenvalue weighted by molar-refractivity contribution is 0.558. The highest BCUT2D eigenvalue weighted by Gasteiger charge is 2.14. The number of nitrogens with two attached hydrogens (primary N) is 1. The summed E-state index contributed by atoms with van der Waals surface area (Å²) in [4.78, 5) is 5.46. The number of hydrogen-bond donors (Lipinski definition) is 2. The van der Waals surface area contributed by atoms with Gasteiger partial charge in [-0.3, -0.25) is 4.98 Å². The molecule has 0 spiro atoms. The van der Waals surface area contributed by atoms with Gasteiger partial charge in [0, 0.05) is 38.9 Å². The summed E-state index contributed by atoms with van der Waals surface area (Å²) in [7, 11) is 0. The van der Waals surface area contributed by atoms with Crippen LogP contribution >= 0.6 is 27.3 Å². The zero-order valence-electron chi connectivity index (χ0n) is 10.2. The summed E-state index contributed by atoms with van der Waals surface area (Å²) < 4.78 is 1.13. The number of nitrogen functional groups attached to an aromatic ring is 1. The highest BCUT2D eigenvalue weighted by molar-refractivity contribution is 9.10. The quantitative estimate of drug-likeness (QED) is 0.886. The molecular formula is C13H16BrN3S. The third-order valence-corrected chi connectivity index (χ3v) is 4.55. The van der Waals surface area contributed by atoms with E-state index in [1.807, 2.05) is 12.3 Å². The molecular weight excluding hydrogens is 310 g/mol. The maximum atomic E-state index is 5.97. The third-order valence-electron chi connectivity index (χ3n) is 2.75. The standard InChI is InChI=1S/C13H16BrN3S/c1-2-17-12(13-6-10(14)8-18-13)5-9-7-16-4-3-11(9)15/h3-4,6-8,12,17H,2,5H2,1H3,(H2,15,16). The van der Waals surface area contributed by atoms with E-state index in [0.29, 0.717) is 0 Å². The number of aromatic nitrogens is 1. The van der Waals surface area contributed by atoms with Crippen LogP contribution in [0.15, 0.2) is 34.4 Å². The molecule has 96 valence electrons. The Hall–Kier alpha value is -0.910. The number of thiophene rings is 1. The summed E-state index contributed by atoms with van der Waals surface area (Å²) in [5.74, 6) is 0. The first-order chi connectivity index (χ1) is 8.70. The average Bonchev–Trinajstić information content (AvgIpc) is 2.78. The largest absolute Gasteiger partial charge is 0.398 e. The molecule has 0 aromatic carbocycles. The van der Waals surface area contributed by atoms with Gasteiger partial charge in [0.05, 0.1) is 0 Å². The van der Waals surface area contributed by atoms with Crippen molar-refractivity contribution in [3.8, 4) is 0 Å². The molecule has 0 saturated heterocycles. The molecule has 0 radical (unpaired) electrons. The molecule has 5 heteroatoms.